The van der Waals surface area contributed by atoms with Crippen molar-refractivity contribution in [2.24, 2.45) is 5.73 Å². The number of anilines is 1. The van der Waals surface area contributed by atoms with E-state index in [1.807, 2.05) is 17.0 Å². The molecule has 208 valence electrons. The Kier molecular flexibility index (Phi) is 8.17. The zero-order valence-electron chi connectivity index (χ0n) is 21.1. The summed E-state index contributed by atoms with van der Waals surface area (Å²) in [5.74, 6) is -0.829. The fourth-order valence-electron chi connectivity index (χ4n) is 5.07. The van der Waals surface area contributed by atoms with Crippen LogP contribution in [0.3, 0.4) is 0 Å². The molecule has 2 fully saturated rings. The third kappa shape index (κ3) is 6.24. The van der Waals surface area contributed by atoms with Crippen LogP contribution in [0.2, 0.25) is 5.02 Å². The lowest BCUT2D eigenvalue weighted by Crippen LogP contribution is -2.44. The van der Waals surface area contributed by atoms with Crippen LogP contribution in [0.4, 0.5) is 19.0 Å². The molecule has 0 bridgehead atoms. The number of nitrogens with one attached hydrogen (secondary N) is 1. The van der Waals surface area contributed by atoms with E-state index in [1.54, 1.807) is 12.1 Å². The molecule has 2 aliphatic rings. The Morgan fingerprint density at radius 3 is 2.59 bits per heavy atom. The van der Waals surface area contributed by atoms with Crippen molar-refractivity contribution in [2.45, 2.75) is 31.1 Å². The summed E-state index contributed by atoms with van der Waals surface area (Å²) in [6, 6.07) is 6.75. The van der Waals surface area contributed by atoms with Gasteiger partial charge in [-0.15, -0.1) is 0 Å². The number of carbonyl (C=O) groups excluding carboxylic acids is 1. The number of fused-ring (bicyclic) bond motifs is 1. The number of hydrogen-bond donors (Lipinski definition) is 2. The highest BCUT2D eigenvalue weighted by atomic mass is 35.5. The number of ether oxygens (including phenoxy) is 1. The SMILES string of the molecule is NC1CCCN(c2ccc3c(C(=O)NCC(c4cnc(C(F)(F)F)nc4)N4CCOCC4)c(Cl)ccc3n2)C1. The minimum absolute atomic E-state index is 0.0947. The predicted molar refractivity (Wildman–Crippen MR) is 141 cm³/mol. The van der Waals surface area contributed by atoms with Crippen molar-refractivity contribution in [1.29, 1.82) is 0 Å². The van der Waals surface area contributed by atoms with Gasteiger partial charge in [0.1, 0.15) is 5.82 Å². The summed E-state index contributed by atoms with van der Waals surface area (Å²) in [6.07, 6.45) is -0.354. The van der Waals surface area contributed by atoms with Crippen molar-refractivity contribution in [3.05, 3.63) is 58.6 Å². The molecule has 9 nitrogen and oxygen atoms in total. The molecule has 13 heteroatoms. The third-order valence-corrected chi connectivity index (χ3v) is 7.38. The number of piperidine rings is 1. The topological polar surface area (TPSA) is 110 Å². The second-order valence-corrected chi connectivity index (χ2v) is 10.1. The van der Waals surface area contributed by atoms with Gasteiger partial charge in [-0.3, -0.25) is 9.69 Å². The lowest BCUT2D eigenvalue weighted by Gasteiger charge is -2.34. The minimum atomic E-state index is -4.64. The number of nitrogens with zero attached hydrogens (tertiary/aromatic N) is 5. The maximum absolute atomic E-state index is 13.4. The number of rotatable bonds is 6. The van der Waals surface area contributed by atoms with Gasteiger partial charge in [0.2, 0.25) is 5.82 Å². The second kappa shape index (κ2) is 11.6. The first-order valence-corrected chi connectivity index (χ1v) is 13.2. The molecule has 3 aromatic rings. The monoisotopic (exact) mass is 563 g/mol. The van der Waals surface area contributed by atoms with Gasteiger partial charge in [-0.2, -0.15) is 13.2 Å². The van der Waals surface area contributed by atoms with Gasteiger partial charge in [0, 0.05) is 62.1 Å². The number of benzene rings is 1. The predicted octanol–water partition coefficient (Wildman–Crippen LogP) is 3.43. The Morgan fingerprint density at radius 1 is 1.15 bits per heavy atom. The summed E-state index contributed by atoms with van der Waals surface area (Å²) in [4.78, 5) is 29.4. The lowest BCUT2D eigenvalue weighted by molar-refractivity contribution is -0.145. The Bertz CT molecular complexity index is 1320. The Hall–Kier alpha value is -3.06. The normalized spacial score (nSPS) is 19.7. The maximum Gasteiger partial charge on any atom is 0.451 e. The van der Waals surface area contributed by atoms with Crippen LogP contribution in [0.5, 0.6) is 0 Å². The standard InChI is InChI=1S/C26H29ClF3N7O2/c27-19-4-5-20-18(3-6-22(35-20)37-7-1-2-17(31)15-37)23(19)24(38)32-14-21(36-8-10-39-11-9-36)16-12-33-25(34-13-16)26(28,29)30/h3-6,12-13,17,21H,1-2,7-11,14-15,31H2,(H,32,38). The molecule has 5 rings (SSSR count). The van der Waals surface area contributed by atoms with E-state index in [2.05, 4.69) is 20.2 Å². The van der Waals surface area contributed by atoms with Crippen LogP contribution in [-0.4, -0.2) is 77.7 Å². The Labute approximate surface area is 228 Å². The zero-order valence-corrected chi connectivity index (χ0v) is 21.9. The third-order valence-electron chi connectivity index (χ3n) is 7.07. The highest BCUT2D eigenvalue weighted by Gasteiger charge is 2.35. The molecular formula is C26H29ClF3N7O2. The number of amides is 1. The molecule has 2 saturated heterocycles. The zero-order chi connectivity index (χ0) is 27.6. The summed E-state index contributed by atoms with van der Waals surface area (Å²) in [7, 11) is 0. The van der Waals surface area contributed by atoms with Crippen molar-refractivity contribution in [3.8, 4) is 0 Å². The fraction of sp³-hybridized carbons (Fsp3) is 0.462. The van der Waals surface area contributed by atoms with E-state index in [4.69, 9.17) is 27.1 Å². The summed E-state index contributed by atoms with van der Waals surface area (Å²) in [5.41, 5.74) is 7.50. The highest BCUT2D eigenvalue weighted by Crippen LogP contribution is 2.30. The van der Waals surface area contributed by atoms with Gasteiger partial charge < -0.3 is 20.7 Å². The van der Waals surface area contributed by atoms with Crippen LogP contribution in [0.25, 0.3) is 10.9 Å². The molecule has 0 radical (unpaired) electrons. The van der Waals surface area contributed by atoms with Crippen molar-refractivity contribution in [1.82, 2.24) is 25.2 Å². The molecule has 2 unspecified atom stereocenters. The van der Waals surface area contributed by atoms with E-state index in [0.29, 0.717) is 42.8 Å². The van der Waals surface area contributed by atoms with Crippen LogP contribution in [0.1, 0.15) is 40.6 Å². The molecule has 0 aliphatic carbocycles. The van der Waals surface area contributed by atoms with Gasteiger partial charge in [0.05, 0.1) is 35.4 Å². The lowest BCUT2D eigenvalue weighted by atomic mass is 10.0. The number of alkyl halides is 3. The summed E-state index contributed by atoms with van der Waals surface area (Å²) >= 11 is 6.48. The van der Waals surface area contributed by atoms with Crippen LogP contribution in [-0.2, 0) is 10.9 Å². The van der Waals surface area contributed by atoms with E-state index < -0.39 is 23.9 Å². The van der Waals surface area contributed by atoms with Gasteiger partial charge in [0.15, 0.2) is 0 Å². The van der Waals surface area contributed by atoms with Crippen molar-refractivity contribution < 1.29 is 22.7 Å². The van der Waals surface area contributed by atoms with E-state index >= 15 is 0 Å². The number of pyridine rings is 1. The smallest absolute Gasteiger partial charge is 0.379 e. The number of hydrogen-bond acceptors (Lipinski definition) is 8. The first-order valence-electron chi connectivity index (χ1n) is 12.8. The van der Waals surface area contributed by atoms with Gasteiger partial charge in [0.25, 0.3) is 5.91 Å². The quantitative estimate of drug-likeness (QED) is 0.469. The molecule has 2 aromatic heterocycles. The van der Waals surface area contributed by atoms with Crippen molar-refractivity contribution >= 4 is 34.2 Å². The van der Waals surface area contributed by atoms with Crippen molar-refractivity contribution in [3.63, 3.8) is 0 Å². The first kappa shape index (κ1) is 27.5. The van der Waals surface area contributed by atoms with Gasteiger partial charge in [-0.25, -0.2) is 15.0 Å². The summed E-state index contributed by atoms with van der Waals surface area (Å²) in [5, 5.41) is 3.79. The average molecular weight is 564 g/mol. The number of carbonyl (C=O) groups is 1. The molecule has 0 saturated carbocycles. The molecule has 2 atom stereocenters. The van der Waals surface area contributed by atoms with Gasteiger partial charge >= 0.3 is 6.18 Å². The molecule has 4 heterocycles. The Morgan fingerprint density at radius 2 is 1.90 bits per heavy atom. The fourth-order valence-corrected chi connectivity index (χ4v) is 5.32. The molecular weight excluding hydrogens is 535 g/mol. The van der Waals surface area contributed by atoms with Crippen LogP contribution in [0, 0.1) is 0 Å². The van der Waals surface area contributed by atoms with Crippen LogP contribution < -0.4 is 16.0 Å². The summed E-state index contributed by atoms with van der Waals surface area (Å²) in [6.45, 7) is 3.72. The molecule has 0 spiro atoms. The minimum Gasteiger partial charge on any atom is -0.379 e. The van der Waals surface area contributed by atoms with Gasteiger partial charge in [-0.05, 0) is 37.1 Å². The maximum atomic E-state index is 13.4. The van der Waals surface area contributed by atoms with Gasteiger partial charge in [-0.1, -0.05) is 11.6 Å². The summed E-state index contributed by atoms with van der Waals surface area (Å²) < 4.78 is 44.4. The van der Waals surface area contributed by atoms with Crippen LogP contribution in [0.15, 0.2) is 36.7 Å². The number of morpholine rings is 1. The van der Waals surface area contributed by atoms with E-state index in [0.717, 1.165) is 44.1 Å². The van der Waals surface area contributed by atoms with Crippen molar-refractivity contribution in [2.75, 3.05) is 50.8 Å². The number of halogens is 4. The molecule has 3 N–H and O–H groups in total. The highest BCUT2D eigenvalue weighted by molar-refractivity contribution is 6.35. The largest absolute Gasteiger partial charge is 0.451 e. The molecule has 2 aliphatic heterocycles. The van der Waals surface area contributed by atoms with E-state index in [-0.39, 0.29) is 23.2 Å². The number of aromatic nitrogens is 3. The molecule has 1 aromatic carbocycles. The van der Waals surface area contributed by atoms with E-state index in [1.165, 1.54) is 0 Å². The average Bonchev–Trinajstić information content (AvgIpc) is 2.93. The molecule has 39 heavy (non-hydrogen) atoms. The second-order valence-electron chi connectivity index (χ2n) is 9.72. The van der Waals surface area contributed by atoms with E-state index in [9.17, 15) is 18.0 Å². The Balaban J connectivity index is 1.38. The number of nitrogens with two attached hydrogens (primary N) is 1. The first-order chi connectivity index (χ1) is 18.7. The molecule has 1 amide bonds. The van der Waals surface area contributed by atoms with Crippen LogP contribution >= 0.6 is 11.6 Å².